The summed E-state index contributed by atoms with van der Waals surface area (Å²) < 4.78 is 0. The summed E-state index contributed by atoms with van der Waals surface area (Å²) in [5, 5.41) is 10.6. The molecule has 6 heteroatoms. The number of aromatic amines is 1. The molecule has 1 saturated carbocycles. The summed E-state index contributed by atoms with van der Waals surface area (Å²) in [5.74, 6) is -1.62. The number of hydrogen-bond acceptors (Lipinski definition) is 2. The molecule has 0 radical (unpaired) electrons. The lowest BCUT2D eigenvalue weighted by molar-refractivity contribution is -0.141. The highest BCUT2D eigenvalue weighted by atomic mass is 35.5. The molecule has 1 fully saturated rings. The minimum absolute atomic E-state index is 0.150. The van der Waals surface area contributed by atoms with Crippen LogP contribution in [0.2, 0.25) is 5.02 Å². The number of carboxylic acids is 1. The Bertz CT molecular complexity index is 736. The summed E-state index contributed by atoms with van der Waals surface area (Å²) in [6, 6.07) is 7.34. The minimum Gasteiger partial charge on any atom is -0.481 e. The highest BCUT2D eigenvalue weighted by Crippen LogP contribution is 2.30. The molecule has 1 heterocycles. The molecule has 22 heavy (non-hydrogen) atoms. The molecule has 1 aromatic carbocycles. The summed E-state index contributed by atoms with van der Waals surface area (Å²) in [6.07, 6.45) is 1.87. The maximum absolute atomic E-state index is 12.7. The fourth-order valence-corrected chi connectivity index (χ4v) is 2.70. The van der Waals surface area contributed by atoms with Gasteiger partial charge >= 0.3 is 5.97 Å². The number of aliphatic carboxylic acids is 1. The highest BCUT2D eigenvalue weighted by Gasteiger charge is 2.35. The number of H-pyrrole nitrogens is 1. The van der Waals surface area contributed by atoms with Crippen molar-refractivity contribution in [1.29, 1.82) is 0 Å². The Morgan fingerprint density at radius 1 is 1.41 bits per heavy atom. The van der Waals surface area contributed by atoms with E-state index in [-0.39, 0.29) is 18.5 Å². The molecule has 1 aromatic heterocycles. The molecule has 2 N–H and O–H groups in total. The summed E-state index contributed by atoms with van der Waals surface area (Å²) in [4.78, 5) is 28.5. The Hall–Kier alpha value is -2.01. The van der Waals surface area contributed by atoms with Crippen LogP contribution in [-0.4, -0.2) is 39.5 Å². The normalized spacial score (nSPS) is 15.7. The first kappa shape index (κ1) is 14.9. The van der Waals surface area contributed by atoms with Gasteiger partial charge in [-0.3, -0.25) is 9.59 Å². The maximum atomic E-state index is 12.7. The Kier molecular flexibility index (Phi) is 3.83. The second-order valence-electron chi connectivity index (χ2n) is 5.84. The number of amides is 1. The SMILES string of the molecule is CC(CN(C(=O)c1cc2ccc(Cl)cc2[nH]1)C1CC1)C(=O)O. The second-order valence-corrected chi connectivity index (χ2v) is 6.28. The molecule has 0 spiro atoms. The molecule has 2 aromatic rings. The van der Waals surface area contributed by atoms with Crippen molar-refractivity contribution in [3.05, 3.63) is 35.0 Å². The Labute approximate surface area is 132 Å². The van der Waals surface area contributed by atoms with Crippen molar-refractivity contribution in [2.75, 3.05) is 6.54 Å². The molecule has 1 unspecified atom stereocenters. The molecule has 116 valence electrons. The lowest BCUT2D eigenvalue weighted by Crippen LogP contribution is -2.38. The van der Waals surface area contributed by atoms with Crippen LogP contribution in [0.1, 0.15) is 30.3 Å². The van der Waals surface area contributed by atoms with Crippen LogP contribution in [0.5, 0.6) is 0 Å². The number of nitrogens with zero attached hydrogens (tertiary/aromatic N) is 1. The zero-order valence-corrected chi connectivity index (χ0v) is 12.9. The van der Waals surface area contributed by atoms with Gasteiger partial charge < -0.3 is 15.0 Å². The van der Waals surface area contributed by atoms with E-state index in [1.807, 2.05) is 6.07 Å². The summed E-state index contributed by atoms with van der Waals surface area (Å²) in [6.45, 7) is 1.85. The molecule has 1 aliphatic rings. The van der Waals surface area contributed by atoms with E-state index in [0.717, 1.165) is 23.7 Å². The molecular formula is C16H17ClN2O3. The zero-order chi connectivity index (χ0) is 15.9. The smallest absolute Gasteiger partial charge is 0.308 e. The number of rotatable bonds is 5. The summed E-state index contributed by atoms with van der Waals surface area (Å²) in [5.41, 5.74) is 1.28. The topological polar surface area (TPSA) is 73.4 Å². The van der Waals surface area contributed by atoms with Gasteiger partial charge in [-0.1, -0.05) is 24.6 Å². The first-order chi connectivity index (χ1) is 10.5. The number of fused-ring (bicyclic) bond motifs is 1. The highest BCUT2D eigenvalue weighted by molar-refractivity contribution is 6.31. The number of carbonyl (C=O) groups excluding carboxylic acids is 1. The van der Waals surface area contributed by atoms with Crippen molar-refractivity contribution >= 4 is 34.4 Å². The van der Waals surface area contributed by atoms with Gasteiger partial charge in [0.05, 0.1) is 5.92 Å². The number of hydrogen-bond donors (Lipinski definition) is 2. The summed E-state index contributed by atoms with van der Waals surface area (Å²) >= 11 is 5.95. The van der Waals surface area contributed by atoms with Crippen LogP contribution in [0.15, 0.2) is 24.3 Å². The average molecular weight is 321 g/mol. The first-order valence-corrected chi connectivity index (χ1v) is 7.65. The number of aromatic nitrogens is 1. The number of carboxylic acid groups (broad SMARTS) is 1. The van der Waals surface area contributed by atoms with E-state index in [1.165, 1.54) is 0 Å². The predicted molar refractivity (Wildman–Crippen MR) is 84.2 cm³/mol. The second kappa shape index (κ2) is 5.65. The van der Waals surface area contributed by atoms with E-state index in [0.29, 0.717) is 10.7 Å². The molecular weight excluding hydrogens is 304 g/mol. The van der Waals surface area contributed by atoms with E-state index < -0.39 is 11.9 Å². The van der Waals surface area contributed by atoms with E-state index >= 15 is 0 Å². The number of halogens is 1. The van der Waals surface area contributed by atoms with Crippen LogP contribution < -0.4 is 0 Å². The van der Waals surface area contributed by atoms with Gasteiger partial charge in [-0.25, -0.2) is 0 Å². The predicted octanol–water partition coefficient (Wildman–Crippen LogP) is 3.15. The molecule has 0 saturated heterocycles. The van der Waals surface area contributed by atoms with Crippen molar-refractivity contribution in [3.63, 3.8) is 0 Å². The van der Waals surface area contributed by atoms with Crippen molar-refractivity contribution in [2.45, 2.75) is 25.8 Å². The molecule has 5 nitrogen and oxygen atoms in total. The van der Waals surface area contributed by atoms with Gasteiger partial charge in [0.15, 0.2) is 0 Å². The first-order valence-electron chi connectivity index (χ1n) is 7.28. The van der Waals surface area contributed by atoms with E-state index in [9.17, 15) is 9.59 Å². The van der Waals surface area contributed by atoms with E-state index in [4.69, 9.17) is 16.7 Å². The molecule has 1 aliphatic carbocycles. The third kappa shape index (κ3) is 2.95. The van der Waals surface area contributed by atoms with E-state index in [1.54, 1.807) is 30.0 Å². The largest absolute Gasteiger partial charge is 0.481 e. The van der Waals surface area contributed by atoms with Crippen LogP contribution in [0.3, 0.4) is 0 Å². The van der Waals surface area contributed by atoms with Gasteiger partial charge in [0.25, 0.3) is 5.91 Å². The maximum Gasteiger partial charge on any atom is 0.308 e. The van der Waals surface area contributed by atoms with Crippen LogP contribution >= 0.6 is 11.6 Å². The third-order valence-electron chi connectivity index (χ3n) is 3.96. The fourth-order valence-electron chi connectivity index (χ4n) is 2.53. The van der Waals surface area contributed by atoms with Crippen molar-refractivity contribution < 1.29 is 14.7 Å². The standard InChI is InChI=1S/C16H17ClN2O3/c1-9(16(21)22)8-19(12-4-5-12)15(20)14-6-10-2-3-11(17)7-13(10)18-14/h2-3,6-7,9,12,18H,4-5,8H2,1H3,(H,21,22). The average Bonchev–Trinajstić information content (AvgIpc) is 3.22. The molecule has 3 rings (SSSR count). The van der Waals surface area contributed by atoms with Crippen LogP contribution in [-0.2, 0) is 4.79 Å². The molecule has 0 aliphatic heterocycles. The quantitative estimate of drug-likeness (QED) is 0.888. The van der Waals surface area contributed by atoms with Crippen LogP contribution in [0.4, 0.5) is 0 Å². The van der Waals surface area contributed by atoms with E-state index in [2.05, 4.69) is 4.98 Å². The molecule has 0 bridgehead atoms. The minimum atomic E-state index is -0.887. The Balaban J connectivity index is 1.86. The summed E-state index contributed by atoms with van der Waals surface area (Å²) in [7, 11) is 0. The van der Waals surface area contributed by atoms with Gasteiger partial charge in [-0.05, 0) is 31.0 Å². The fraction of sp³-hybridized carbons (Fsp3) is 0.375. The van der Waals surface area contributed by atoms with Gasteiger partial charge in [-0.15, -0.1) is 0 Å². The number of carbonyl (C=O) groups is 2. The van der Waals surface area contributed by atoms with Crippen LogP contribution in [0.25, 0.3) is 10.9 Å². The Morgan fingerprint density at radius 2 is 2.14 bits per heavy atom. The Morgan fingerprint density at radius 3 is 2.77 bits per heavy atom. The monoisotopic (exact) mass is 320 g/mol. The van der Waals surface area contributed by atoms with Gasteiger partial charge in [0.2, 0.25) is 0 Å². The van der Waals surface area contributed by atoms with Crippen LogP contribution in [0, 0.1) is 5.92 Å². The van der Waals surface area contributed by atoms with Gasteiger partial charge in [0.1, 0.15) is 5.69 Å². The van der Waals surface area contributed by atoms with Gasteiger partial charge in [-0.2, -0.15) is 0 Å². The van der Waals surface area contributed by atoms with Crippen molar-refractivity contribution in [1.82, 2.24) is 9.88 Å². The lowest BCUT2D eigenvalue weighted by atomic mass is 10.1. The van der Waals surface area contributed by atoms with Gasteiger partial charge in [0, 0.05) is 28.5 Å². The lowest BCUT2D eigenvalue weighted by Gasteiger charge is -2.23. The third-order valence-corrected chi connectivity index (χ3v) is 4.19. The number of benzene rings is 1. The number of nitrogens with one attached hydrogen (secondary N) is 1. The zero-order valence-electron chi connectivity index (χ0n) is 12.2. The molecule has 1 amide bonds. The van der Waals surface area contributed by atoms with Crippen molar-refractivity contribution in [3.8, 4) is 0 Å². The van der Waals surface area contributed by atoms with Crippen molar-refractivity contribution in [2.24, 2.45) is 5.92 Å². The molecule has 1 atom stereocenters.